The van der Waals surface area contributed by atoms with Crippen LogP contribution < -0.4 is 5.73 Å². The van der Waals surface area contributed by atoms with Crippen molar-refractivity contribution in [2.75, 3.05) is 19.6 Å². The number of aliphatic hydroxyl groups is 1. The third kappa shape index (κ3) is 4.28. The number of hydrogen-bond acceptors (Lipinski definition) is 3. The van der Waals surface area contributed by atoms with Crippen molar-refractivity contribution in [3.8, 4) is 0 Å². The minimum Gasteiger partial charge on any atom is -0.393 e. The number of nitrogens with zero attached hydrogens (tertiary/aromatic N) is 1. The summed E-state index contributed by atoms with van der Waals surface area (Å²) in [5.74, 6) is 0.657. The van der Waals surface area contributed by atoms with Gasteiger partial charge in [-0.1, -0.05) is 20.8 Å². The molecule has 0 aromatic carbocycles. The highest BCUT2D eigenvalue weighted by Gasteiger charge is 2.25. The van der Waals surface area contributed by atoms with Gasteiger partial charge in [0.2, 0.25) is 0 Å². The van der Waals surface area contributed by atoms with Crippen LogP contribution in [-0.2, 0) is 0 Å². The Labute approximate surface area is 105 Å². The van der Waals surface area contributed by atoms with E-state index in [1.54, 1.807) is 0 Å². The van der Waals surface area contributed by atoms with Crippen LogP contribution in [0.4, 0.5) is 0 Å². The molecule has 1 rings (SSSR count). The van der Waals surface area contributed by atoms with Gasteiger partial charge in [0.15, 0.2) is 0 Å². The minimum atomic E-state index is -0.180. The molecule has 4 nitrogen and oxygen atoms in total. The molecule has 4 heteroatoms. The molecular formula is C13H27N3O. The summed E-state index contributed by atoms with van der Waals surface area (Å²) in [7, 11) is 0. The number of rotatable bonds is 5. The Balaban J connectivity index is 2.26. The van der Waals surface area contributed by atoms with Crippen molar-refractivity contribution in [2.24, 2.45) is 17.1 Å². The summed E-state index contributed by atoms with van der Waals surface area (Å²) in [6.07, 6.45) is 2.78. The zero-order valence-corrected chi connectivity index (χ0v) is 11.4. The fraction of sp³-hybridized carbons (Fsp3) is 0.923. The Kier molecular flexibility index (Phi) is 4.95. The first-order valence-corrected chi connectivity index (χ1v) is 6.58. The van der Waals surface area contributed by atoms with E-state index in [0.717, 1.165) is 38.9 Å². The third-order valence-corrected chi connectivity index (χ3v) is 3.95. The van der Waals surface area contributed by atoms with Crippen LogP contribution in [0.25, 0.3) is 0 Å². The van der Waals surface area contributed by atoms with Crippen LogP contribution in [0, 0.1) is 16.7 Å². The van der Waals surface area contributed by atoms with Gasteiger partial charge in [-0.2, -0.15) is 0 Å². The van der Waals surface area contributed by atoms with Crippen molar-refractivity contribution in [3.63, 3.8) is 0 Å². The van der Waals surface area contributed by atoms with Gasteiger partial charge in [0.05, 0.1) is 11.9 Å². The van der Waals surface area contributed by atoms with Gasteiger partial charge < -0.3 is 15.7 Å². The van der Waals surface area contributed by atoms with Crippen LogP contribution in [-0.4, -0.2) is 41.6 Å². The fourth-order valence-corrected chi connectivity index (χ4v) is 2.30. The van der Waals surface area contributed by atoms with Crippen molar-refractivity contribution in [1.29, 1.82) is 5.41 Å². The molecule has 1 fully saturated rings. The van der Waals surface area contributed by atoms with Gasteiger partial charge in [0.1, 0.15) is 0 Å². The summed E-state index contributed by atoms with van der Waals surface area (Å²) in [6, 6.07) is 0. The number of nitrogens with one attached hydrogen (secondary N) is 1. The lowest BCUT2D eigenvalue weighted by Gasteiger charge is -2.35. The smallest absolute Gasteiger partial charge is 0.0963 e. The average Bonchev–Trinajstić information content (AvgIpc) is 2.23. The summed E-state index contributed by atoms with van der Waals surface area (Å²) in [6.45, 7) is 9.19. The van der Waals surface area contributed by atoms with Crippen LogP contribution in [0.1, 0.15) is 40.0 Å². The van der Waals surface area contributed by atoms with Crippen LogP contribution in [0.3, 0.4) is 0 Å². The van der Waals surface area contributed by atoms with Crippen LogP contribution >= 0.6 is 0 Å². The highest BCUT2D eigenvalue weighted by Crippen LogP contribution is 2.23. The van der Waals surface area contributed by atoms with Crippen molar-refractivity contribution >= 4 is 5.84 Å². The quantitative estimate of drug-likeness (QED) is 0.503. The molecule has 100 valence electrons. The van der Waals surface area contributed by atoms with Crippen molar-refractivity contribution in [1.82, 2.24) is 4.90 Å². The Morgan fingerprint density at radius 3 is 2.71 bits per heavy atom. The van der Waals surface area contributed by atoms with E-state index in [2.05, 4.69) is 11.8 Å². The summed E-state index contributed by atoms with van der Waals surface area (Å²) in [5.41, 5.74) is 5.39. The molecule has 0 bridgehead atoms. The highest BCUT2D eigenvalue weighted by atomic mass is 16.3. The molecule has 0 spiro atoms. The van der Waals surface area contributed by atoms with E-state index >= 15 is 0 Å². The third-order valence-electron chi connectivity index (χ3n) is 3.95. The van der Waals surface area contributed by atoms with Gasteiger partial charge in [-0.05, 0) is 31.7 Å². The highest BCUT2D eigenvalue weighted by molar-refractivity contribution is 5.82. The number of piperidine rings is 1. The minimum absolute atomic E-state index is 0.125. The number of nitrogens with two attached hydrogens (primary N) is 1. The molecule has 0 aromatic rings. The lowest BCUT2D eigenvalue weighted by atomic mass is 9.86. The average molecular weight is 241 g/mol. The maximum absolute atomic E-state index is 9.65. The largest absolute Gasteiger partial charge is 0.393 e. The number of likely N-dealkylation sites (tertiary alicyclic amines) is 1. The van der Waals surface area contributed by atoms with E-state index in [9.17, 15) is 5.11 Å². The molecule has 0 aromatic heterocycles. The van der Waals surface area contributed by atoms with E-state index in [1.165, 1.54) is 0 Å². The lowest BCUT2D eigenvalue weighted by molar-refractivity contribution is 0.0340. The summed E-state index contributed by atoms with van der Waals surface area (Å²) >= 11 is 0. The van der Waals surface area contributed by atoms with Crippen molar-refractivity contribution < 1.29 is 5.11 Å². The zero-order valence-electron chi connectivity index (χ0n) is 11.4. The molecular weight excluding hydrogens is 214 g/mol. The van der Waals surface area contributed by atoms with Crippen LogP contribution in [0.5, 0.6) is 0 Å². The van der Waals surface area contributed by atoms with E-state index in [-0.39, 0.29) is 17.4 Å². The van der Waals surface area contributed by atoms with Gasteiger partial charge >= 0.3 is 0 Å². The molecule has 0 saturated carbocycles. The molecule has 0 amide bonds. The molecule has 0 aliphatic carbocycles. The summed E-state index contributed by atoms with van der Waals surface area (Å²) < 4.78 is 0. The van der Waals surface area contributed by atoms with Crippen molar-refractivity contribution in [3.05, 3.63) is 0 Å². The molecule has 4 N–H and O–H groups in total. The molecule has 1 aliphatic heterocycles. The topological polar surface area (TPSA) is 73.3 Å². The van der Waals surface area contributed by atoms with E-state index in [0.29, 0.717) is 5.92 Å². The molecule has 2 atom stereocenters. The molecule has 0 radical (unpaired) electrons. The molecule has 1 aliphatic rings. The lowest BCUT2D eigenvalue weighted by Crippen LogP contribution is -2.42. The van der Waals surface area contributed by atoms with Crippen LogP contribution in [0.15, 0.2) is 0 Å². The van der Waals surface area contributed by atoms with Gasteiger partial charge in [-0.15, -0.1) is 0 Å². The Morgan fingerprint density at radius 2 is 2.18 bits per heavy atom. The molecule has 1 heterocycles. The predicted octanol–water partition coefficient (Wildman–Crippen LogP) is 1.43. The summed E-state index contributed by atoms with van der Waals surface area (Å²) in [4.78, 5) is 2.41. The zero-order chi connectivity index (χ0) is 13.1. The normalized spacial score (nSPS) is 27.1. The maximum Gasteiger partial charge on any atom is 0.0963 e. The second-order valence-corrected chi connectivity index (χ2v) is 6.04. The first kappa shape index (κ1) is 14.5. The summed E-state index contributed by atoms with van der Waals surface area (Å²) in [5, 5.41) is 17.2. The number of aliphatic hydroxyl groups excluding tert-OH is 1. The van der Waals surface area contributed by atoms with Gasteiger partial charge in [-0.3, -0.25) is 5.41 Å². The van der Waals surface area contributed by atoms with Crippen LogP contribution in [0.2, 0.25) is 0 Å². The Bertz CT molecular complexity index is 265. The molecule has 17 heavy (non-hydrogen) atoms. The second kappa shape index (κ2) is 5.83. The Hall–Kier alpha value is -0.610. The fourth-order valence-electron chi connectivity index (χ4n) is 2.30. The van der Waals surface area contributed by atoms with Gasteiger partial charge in [0.25, 0.3) is 0 Å². The number of amidine groups is 1. The molecule has 1 saturated heterocycles. The van der Waals surface area contributed by atoms with E-state index < -0.39 is 0 Å². The molecule has 2 unspecified atom stereocenters. The van der Waals surface area contributed by atoms with Crippen molar-refractivity contribution in [2.45, 2.75) is 46.1 Å². The Morgan fingerprint density at radius 1 is 1.53 bits per heavy atom. The second-order valence-electron chi connectivity index (χ2n) is 6.04. The monoisotopic (exact) mass is 241 g/mol. The van der Waals surface area contributed by atoms with Gasteiger partial charge in [0, 0.05) is 18.5 Å². The maximum atomic E-state index is 9.65. The van der Waals surface area contributed by atoms with E-state index in [1.807, 2.05) is 13.8 Å². The first-order valence-electron chi connectivity index (χ1n) is 6.58. The SMILES string of the molecule is CC1CN(CCCC(C)(C)C(=N)N)CCC1O. The predicted molar refractivity (Wildman–Crippen MR) is 71.2 cm³/mol. The number of hydrogen-bond donors (Lipinski definition) is 3. The standard InChI is InChI=1S/C13H27N3O/c1-10-9-16(8-5-11(10)17)7-4-6-13(2,3)12(14)15/h10-11,17H,4-9H2,1-3H3,(H3,14,15). The van der Waals surface area contributed by atoms with E-state index in [4.69, 9.17) is 11.1 Å². The van der Waals surface area contributed by atoms with Gasteiger partial charge in [-0.25, -0.2) is 0 Å². The first-order chi connectivity index (χ1) is 7.83.